The SMILES string of the molecule is COc1ccc(CN(C)C(=O)C2(N)C3CCCOC3C2(C)C)cc1. The van der Waals surface area contributed by atoms with Crippen LogP contribution in [0.3, 0.4) is 0 Å². The van der Waals surface area contributed by atoms with Crippen LogP contribution in [0.5, 0.6) is 5.75 Å². The van der Waals surface area contributed by atoms with Gasteiger partial charge < -0.3 is 20.1 Å². The molecule has 1 aromatic rings. The van der Waals surface area contributed by atoms with E-state index in [0.29, 0.717) is 6.54 Å². The van der Waals surface area contributed by atoms with Crippen molar-refractivity contribution >= 4 is 5.91 Å². The van der Waals surface area contributed by atoms with E-state index in [-0.39, 0.29) is 23.3 Å². The molecule has 3 unspecified atom stereocenters. The van der Waals surface area contributed by atoms with E-state index in [9.17, 15) is 4.79 Å². The van der Waals surface area contributed by atoms with Crippen LogP contribution in [-0.2, 0) is 16.1 Å². The Kier molecular flexibility index (Phi) is 4.34. The van der Waals surface area contributed by atoms with Gasteiger partial charge in [-0.2, -0.15) is 0 Å². The van der Waals surface area contributed by atoms with Crippen LogP contribution in [0.4, 0.5) is 0 Å². The van der Waals surface area contributed by atoms with E-state index in [1.165, 1.54) is 0 Å². The van der Waals surface area contributed by atoms with Crippen molar-refractivity contribution in [3.8, 4) is 5.75 Å². The highest BCUT2D eigenvalue weighted by Gasteiger charge is 2.70. The van der Waals surface area contributed by atoms with Gasteiger partial charge >= 0.3 is 0 Å². The van der Waals surface area contributed by atoms with Crippen molar-refractivity contribution in [3.05, 3.63) is 29.8 Å². The number of carbonyl (C=O) groups excluding carboxylic acids is 1. The van der Waals surface area contributed by atoms with Crippen LogP contribution in [0.2, 0.25) is 0 Å². The average molecular weight is 332 g/mol. The number of hydrogen-bond acceptors (Lipinski definition) is 4. The van der Waals surface area contributed by atoms with E-state index in [1.54, 1.807) is 12.0 Å². The number of hydrogen-bond donors (Lipinski definition) is 1. The lowest BCUT2D eigenvalue weighted by Crippen LogP contribution is -2.82. The molecule has 3 atom stereocenters. The van der Waals surface area contributed by atoms with Crippen molar-refractivity contribution in [2.24, 2.45) is 17.1 Å². The molecule has 0 radical (unpaired) electrons. The average Bonchev–Trinajstić information content (AvgIpc) is 2.60. The first kappa shape index (κ1) is 17.2. The molecule has 5 nitrogen and oxygen atoms in total. The standard InChI is InChI=1S/C19H28N2O3/c1-18(2)16-15(6-5-11-24-16)19(18,20)17(22)21(3)12-13-7-9-14(23-4)10-8-13/h7-10,15-16H,5-6,11-12,20H2,1-4H3. The smallest absolute Gasteiger partial charge is 0.243 e. The number of fused-ring (bicyclic) bond motifs is 1. The van der Waals surface area contributed by atoms with Crippen molar-refractivity contribution in [2.75, 3.05) is 20.8 Å². The minimum Gasteiger partial charge on any atom is -0.497 e. The molecule has 1 aliphatic heterocycles. The zero-order valence-electron chi connectivity index (χ0n) is 15.0. The first-order valence-electron chi connectivity index (χ1n) is 8.61. The number of ether oxygens (including phenoxy) is 2. The molecule has 1 aliphatic carbocycles. The highest BCUT2D eigenvalue weighted by molar-refractivity contribution is 5.89. The topological polar surface area (TPSA) is 64.8 Å². The molecule has 1 saturated heterocycles. The first-order valence-corrected chi connectivity index (χ1v) is 8.61. The van der Waals surface area contributed by atoms with Crippen LogP contribution in [0.15, 0.2) is 24.3 Å². The molecule has 3 rings (SSSR count). The number of nitrogens with zero attached hydrogens (tertiary/aromatic N) is 1. The molecule has 2 aliphatic rings. The zero-order valence-corrected chi connectivity index (χ0v) is 15.0. The Hall–Kier alpha value is -1.59. The van der Waals surface area contributed by atoms with Gasteiger partial charge in [0.15, 0.2) is 0 Å². The highest BCUT2D eigenvalue weighted by Crippen LogP contribution is 2.57. The van der Waals surface area contributed by atoms with Gasteiger partial charge in [0, 0.05) is 31.5 Å². The third kappa shape index (κ3) is 2.42. The maximum Gasteiger partial charge on any atom is 0.243 e. The van der Waals surface area contributed by atoms with Gasteiger partial charge in [-0.25, -0.2) is 0 Å². The third-order valence-electron chi connectivity index (χ3n) is 5.96. The first-order chi connectivity index (χ1) is 11.3. The monoisotopic (exact) mass is 332 g/mol. The Morgan fingerprint density at radius 3 is 2.67 bits per heavy atom. The quantitative estimate of drug-likeness (QED) is 0.918. The van der Waals surface area contributed by atoms with Crippen molar-refractivity contribution in [3.63, 3.8) is 0 Å². The van der Waals surface area contributed by atoms with Gasteiger partial charge in [0.25, 0.3) is 0 Å². The maximum absolute atomic E-state index is 13.2. The van der Waals surface area contributed by atoms with Gasteiger partial charge in [-0.1, -0.05) is 26.0 Å². The van der Waals surface area contributed by atoms with Crippen LogP contribution in [0.1, 0.15) is 32.3 Å². The summed E-state index contributed by atoms with van der Waals surface area (Å²) in [6.45, 7) is 5.42. The molecule has 2 fully saturated rings. The van der Waals surface area contributed by atoms with E-state index in [2.05, 4.69) is 13.8 Å². The highest BCUT2D eigenvalue weighted by atomic mass is 16.5. The lowest BCUT2D eigenvalue weighted by atomic mass is 9.46. The molecular weight excluding hydrogens is 304 g/mol. The van der Waals surface area contributed by atoms with Gasteiger partial charge in [-0.3, -0.25) is 4.79 Å². The molecule has 1 saturated carbocycles. The molecule has 0 spiro atoms. The number of benzene rings is 1. The van der Waals surface area contributed by atoms with Crippen LogP contribution >= 0.6 is 0 Å². The fraction of sp³-hybridized carbons (Fsp3) is 0.632. The zero-order chi connectivity index (χ0) is 17.5. The Morgan fingerprint density at radius 2 is 2.04 bits per heavy atom. The molecule has 1 heterocycles. The van der Waals surface area contributed by atoms with Crippen molar-refractivity contribution in [1.29, 1.82) is 0 Å². The number of methoxy groups -OCH3 is 1. The number of carbonyl (C=O) groups is 1. The molecule has 5 heteroatoms. The number of likely N-dealkylation sites (N-methyl/N-ethyl adjacent to an activating group) is 1. The normalized spacial score (nSPS) is 30.9. The largest absolute Gasteiger partial charge is 0.497 e. The Balaban J connectivity index is 1.74. The molecular formula is C19H28N2O3. The third-order valence-corrected chi connectivity index (χ3v) is 5.96. The Bertz CT molecular complexity index is 614. The predicted octanol–water partition coefficient (Wildman–Crippen LogP) is 2.19. The van der Waals surface area contributed by atoms with E-state index in [0.717, 1.165) is 30.8 Å². The van der Waals surface area contributed by atoms with Crippen molar-refractivity contribution in [1.82, 2.24) is 4.90 Å². The number of amides is 1. The van der Waals surface area contributed by atoms with Crippen LogP contribution in [0.25, 0.3) is 0 Å². The van der Waals surface area contributed by atoms with Crippen LogP contribution in [-0.4, -0.2) is 43.2 Å². The Labute approximate surface area is 144 Å². The predicted molar refractivity (Wildman–Crippen MR) is 92.6 cm³/mol. The van der Waals surface area contributed by atoms with Crippen LogP contribution in [0, 0.1) is 11.3 Å². The van der Waals surface area contributed by atoms with E-state index >= 15 is 0 Å². The van der Waals surface area contributed by atoms with Gasteiger partial charge in [0.2, 0.25) is 5.91 Å². The van der Waals surface area contributed by atoms with Gasteiger partial charge in [-0.05, 0) is 30.5 Å². The summed E-state index contributed by atoms with van der Waals surface area (Å²) in [5.74, 6) is 0.937. The number of rotatable bonds is 4. The minimum atomic E-state index is -0.848. The summed E-state index contributed by atoms with van der Waals surface area (Å²) in [5.41, 5.74) is 6.56. The molecule has 24 heavy (non-hydrogen) atoms. The number of nitrogens with two attached hydrogens (primary N) is 1. The lowest BCUT2D eigenvalue weighted by molar-refractivity contribution is -0.229. The summed E-state index contributed by atoms with van der Waals surface area (Å²) in [7, 11) is 3.47. The molecule has 0 aromatic heterocycles. The molecule has 0 bridgehead atoms. The van der Waals surface area contributed by atoms with Gasteiger partial charge in [0.1, 0.15) is 11.3 Å². The molecule has 2 N–H and O–H groups in total. The van der Waals surface area contributed by atoms with E-state index in [1.807, 2.05) is 31.3 Å². The minimum absolute atomic E-state index is 0.00932. The fourth-order valence-corrected chi connectivity index (χ4v) is 4.40. The fourth-order valence-electron chi connectivity index (χ4n) is 4.40. The lowest BCUT2D eigenvalue weighted by Gasteiger charge is -2.65. The molecule has 1 aromatic carbocycles. The summed E-state index contributed by atoms with van der Waals surface area (Å²) in [4.78, 5) is 14.9. The van der Waals surface area contributed by atoms with Crippen LogP contribution < -0.4 is 10.5 Å². The summed E-state index contributed by atoms with van der Waals surface area (Å²) >= 11 is 0. The van der Waals surface area contributed by atoms with Gasteiger partial charge in [0.05, 0.1) is 13.2 Å². The van der Waals surface area contributed by atoms with E-state index in [4.69, 9.17) is 15.2 Å². The van der Waals surface area contributed by atoms with Crippen molar-refractivity contribution < 1.29 is 14.3 Å². The second kappa shape index (κ2) is 6.05. The molecule has 132 valence electrons. The van der Waals surface area contributed by atoms with E-state index < -0.39 is 5.54 Å². The Morgan fingerprint density at radius 1 is 1.38 bits per heavy atom. The summed E-state index contributed by atoms with van der Waals surface area (Å²) in [6.07, 6.45) is 2.04. The summed E-state index contributed by atoms with van der Waals surface area (Å²) < 4.78 is 11.1. The summed E-state index contributed by atoms with van der Waals surface area (Å²) in [5, 5.41) is 0. The summed E-state index contributed by atoms with van der Waals surface area (Å²) in [6, 6.07) is 7.77. The van der Waals surface area contributed by atoms with Gasteiger partial charge in [-0.15, -0.1) is 0 Å². The molecule has 1 amide bonds. The second-order valence-electron chi connectivity index (χ2n) is 7.64. The second-order valence-corrected chi connectivity index (χ2v) is 7.64. The van der Waals surface area contributed by atoms with Crippen molar-refractivity contribution in [2.45, 2.75) is 44.9 Å². The maximum atomic E-state index is 13.2.